The first-order chi connectivity index (χ1) is 60.9. The Hall–Kier alpha value is -11.9. The fourth-order valence-electron chi connectivity index (χ4n) is 16.0. The molecule has 0 radical (unpaired) electrons. The van der Waals surface area contributed by atoms with Gasteiger partial charge in [-0.3, -0.25) is 43.3 Å². The number of nitrogens with one attached hydrogen (secondary N) is 8. The van der Waals surface area contributed by atoms with Crippen LogP contribution in [0.3, 0.4) is 0 Å². The second-order valence-electron chi connectivity index (χ2n) is 33.0. The summed E-state index contributed by atoms with van der Waals surface area (Å²) in [6.45, 7) is 3.56. The van der Waals surface area contributed by atoms with E-state index in [2.05, 4.69) is 56.4 Å². The third kappa shape index (κ3) is 20.9. The number of nitrogens with zero attached hydrogens (tertiary/aromatic N) is 2. The number of amides is 8. The first-order valence-electron chi connectivity index (χ1n) is 41.4. The van der Waals surface area contributed by atoms with Crippen molar-refractivity contribution in [3.8, 4) is 80.1 Å². The van der Waals surface area contributed by atoms with Crippen LogP contribution < -0.4 is 66.2 Å². The molecule has 17 bridgehead atoms. The Balaban J connectivity index is 1.05. The lowest BCUT2D eigenvalue weighted by molar-refractivity contribution is -0.277. The molecule has 40 heteroatoms. The molecule has 0 saturated carbocycles. The van der Waals surface area contributed by atoms with Crippen LogP contribution >= 0.6 is 23.2 Å². The number of halogens is 2. The molecule has 0 aromatic heterocycles. The average Bonchev–Trinajstić information content (AvgIpc) is 0.754. The monoisotopic (exact) mass is 1810 g/mol. The van der Waals surface area contributed by atoms with Gasteiger partial charge in [0.25, 0.3) is 0 Å². The molecule has 8 heterocycles. The number of phenols is 4. The van der Waals surface area contributed by atoms with Crippen molar-refractivity contribution in [2.75, 3.05) is 47.9 Å². The van der Waals surface area contributed by atoms with Gasteiger partial charge in [0.05, 0.1) is 16.7 Å². The fourth-order valence-corrected chi connectivity index (χ4v) is 16.4. The van der Waals surface area contributed by atoms with Gasteiger partial charge in [-0.15, -0.1) is 0 Å². The number of likely N-dealkylation sites (N-methyl/N-ethyl adjacent to an activating group) is 1. The summed E-state index contributed by atoms with van der Waals surface area (Å²) >= 11 is 14.3. The largest absolute Gasteiger partial charge is 0.508 e. The minimum atomic E-state index is -2.45. The number of carboxylic acids is 1. The van der Waals surface area contributed by atoms with Gasteiger partial charge in [-0.05, 0) is 160 Å². The highest BCUT2D eigenvalue weighted by Crippen LogP contribution is 2.51. The van der Waals surface area contributed by atoms with E-state index in [4.69, 9.17) is 56.4 Å². The van der Waals surface area contributed by atoms with Crippen molar-refractivity contribution in [2.24, 2.45) is 5.92 Å². The summed E-state index contributed by atoms with van der Waals surface area (Å²) in [6, 6.07) is 5.86. The number of benzene rings is 7. The summed E-state index contributed by atoms with van der Waals surface area (Å²) in [4.78, 5) is 142. The van der Waals surface area contributed by atoms with Crippen LogP contribution in [0.15, 0.2) is 115 Å². The SMILES string of the molecule is CC(C)CCCCCCCC(=O)N[C@H]1C(Oc2c3cc4cc2Oc2ccc(cc2Cl)[C@@H](O)[C@@H]2NC(=O)[C@H](NC(=O)[C@@H]4NC(=O)[C@H]4NC(=O)[C@@H](Cc5ccc(cc5)O3)NC(=O)[C@H](N(C)C)c3ccc(O)c(c3)Oc3cc(O)c(Cl)c4c3)c3ccc(O)c(c3)-c3c(O[C@H]4O[C@H](CO)[C@@H](O)[C@H](O)[C@@H]4O)cc(O)cc3[C@@H](C(=O)NCCCN(C)C)NC2=O)O[C@H](C(=O)O)[C@@H](O)[C@@H]1O. The van der Waals surface area contributed by atoms with Crippen molar-refractivity contribution in [1.82, 2.24) is 52.3 Å². The number of aliphatic hydroxyl groups is 7. The van der Waals surface area contributed by atoms with Gasteiger partial charge in [0.15, 0.2) is 29.1 Å². The van der Waals surface area contributed by atoms with Gasteiger partial charge < -0.3 is 142 Å². The third-order valence-corrected chi connectivity index (χ3v) is 23.4. The van der Waals surface area contributed by atoms with Crippen LogP contribution in [0.2, 0.25) is 10.0 Å². The lowest BCUT2D eigenvalue weighted by Gasteiger charge is -2.41. The van der Waals surface area contributed by atoms with Crippen LogP contribution in [0.4, 0.5) is 0 Å². The summed E-state index contributed by atoms with van der Waals surface area (Å²) in [6.07, 6.45) is -16.9. The van der Waals surface area contributed by atoms with E-state index >= 15 is 33.6 Å². The molecule has 8 amide bonds. The van der Waals surface area contributed by atoms with Gasteiger partial charge in [0.1, 0.15) is 131 Å². The van der Waals surface area contributed by atoms with Crippen LogP contribution in [-0.4, -0.2) is 246 Å². The second kappa shape index (κ2) is 40.2. The third-order valence-electron chi connectivity index (χ3n) is 22.7. The maximum atomic E-state index is 16.8. The smallest absolute Gasteiger partial charge is 0.335 e. The van der Waals surface area contributed by atoms with Crippen LogP contribution in [0.1, 0.15) is 140 Å². The minimum absolute atomic E-state index is 0.0943. The molecular weight excluding hydrogens is 1720 g/mol. The Morgan fingerprint density at radius 3 is 1.90 bits per heavy atom. The summed E-state index contributed by atoms with van der Waals surface area (Å²) in [5.74, 6) is -17.4. The molecule has 20 N–H and O–H groups in total. The number of carboxylic acid groups (broad SMARTS) is 1. The van der Waals surface area contributed by atoms with Crippen molar-refractivity contribution < 1.29 is 138 Å². The topological polar surface area (TPSA) is 564 Å². The van der Waals surface area contributed by atoms with E-state index in [1.54, 1.807) is 33.1 Å². The summed E-state index contributed by atoms with van der Waals surface area (Å²) in [7, 11) is 6.63. The molecule has 15 rings (SSSR count). The number of aliphatic hydroxyl groups excluding tert-OH is 7. The van der Waals surface area contributed by atoms with E-state index in [1.165, 1.54) is 47.4 Å². The van der Waals surface area contributed by atoms with Crippen molar-refractivity contribution in [3.63, 3.8) is 0 Å². The molecule has 2 fully saturated rings. The maximum Gasteiger partial charge on any atom is 0.335 e. The normalized spacial score (nSPS) is 25.9. The molecule has 1 unspecified atom stereocenters. The number of aromatic hydroxyl groups is 4. The summed E-state index contributed by atoms with van der Waals surface area (Å²) in [5, 5.41) is 158. The molecule has 0 spiro atoms. The zero-order valence-electron chi connectivity index (χ0n) is 70.0. The quantitative estimate of drug-likeness (QED) is 0.0450. The van der Waals surface area contributed by atoms with Gasteiger partial charge in [0, 0.05) is 48.2 Å². The molecule has 0 aliphatic carbocycles. The van der Waals surface area contributed by atoms with Crippen LogP contribution in [0, 0.1) is 5.92 Å². The molecule has 128 heavy (non-hydrogen) atoms. The molecule has 8 aliphatic heterocycles. The molecule has 18 atom stereocenters. The van der Waals surface area contributed by atoms with Crippen molar-refractivity contribution in [3.05, 3.63) is 164 Å². The highest BCUT2D eigenvalue weighted by molar-refractivity contribution is 6.33. The van der Waals surface area contributed by atoms with Gasteiger partial charge in [0.2, 0.25) is 65.6 Å². The zero-order chi connectivity index (χ0) is 92.1. The predicted octanol–water partition coefficient (Wildman–Crippen LogP) is 4.12. The summed E-state index contributed by atoms with van der Waals surface area (Å²) < 4.78 is 44.5. The van der Waals surface area contributed by atoms with Crippen LogP contribution in [-0.2, 0) is 59.0 Å². The Kier molecular flexibility index (Phi) is 29.4. The standard InChI is InChI=1S/C88H100Cl2N10O28/c1-38(2)13-10-8-7-9-11-14-61(106)93-69-73(109)75(111)78(86(120)121)128-87(69)127-77-58-31-43-32-59(77)124-55-24-19-42(29-50(55)89)71(107)68-84(118)97-66(80(114)91-25-12-26-99(3)4)48-33-44(102)34-57(125-88-76(112)74(110)72(108)60(37-101)126-88)62(48)47-28-40(17-22-52(47)103)64(81(115)98-68)94-82(116)65(43)95-83(117)67-49-35-46(36-54(105)63(49)90)123-56-30-41(18-23-53(56)104)70(100(5)6)85(119)92-51(79(113)96-67)27-39-15-20-45(122-58)21-16-39/h15-24,28-36,38,51,60,64-76,78,87-88,101-105,107-112H,7-14,25-27,37H2,1-6H3,(H,91,114)(H,92,119)(H,93,106)(H,94,116)(H,95,117)(H,96,113)(H,97,118)(H,98,115)(H,120,121)/t51-,60-,64-,65-,66+,67+,68+,69-,70-,71-,72-,73-,74+,75+,76+,78+,87?,88+/m1/s1. The Labute approximate surface area is 742 Å². The van der Waals surface area contributed by atoms with Crippen LogP contribution in [0.25, 0.3) is 11.1 Å². The zero-order valence-corrected chi connectivity index (χ0v) is 71.5. The molecule has 2 saturated heterocycles. The highest BCUT2D eigenvalue weighted by atomic mass is 35.5. The number of unbranched alkanes of at least 4 members (excludes halogenated alkanes) is 4. The minimum Gasteiger partial charge on any atom is -0.508 e. The number of fused-ring (bicyclic) bond motifs is 14. The van der Waals surface area contributed by atoms with E-state index in [-0.39, 0.29) is 47.8 Å². The fraction of sp³-hybridized carbons (Fsp3) is 0.420. The number of aliphatic carboxylic acids is 1. The van der Waals surface area contributed by atoms with Crippen molar-refractivity contribution >= 4 is 76.4 Å². The number of phenolic OH excluding ortho intramolecular Hbond substituents is 4. The molecule has 8 aliphatic rings. The molecular formula is C88H100Cl2N10O28. The molecule has 38 nitrogen and oxygen atoms in total. The summed E-state index contributed by atoms with van der Waals surface area (Å²) in [5.41, 5.74) is -2.63. The van der Waals surface area contributed by atoms with Crippen LogP contribution in [0.5, 0.6) is 69.0 Å². The first kappa shape index (κ1) is 93.7. The van der Waals surface area contributed by atoms with E-state index in [9.17, 15) is 70.9 Å². The predicted molar refractivity (Wildman–Crippen MR) is 452 cm³/mol. The van der Waals surface area contributed by atoms with Crippen molar-refractivity contribution in [2.45, 2.75) is 181 Å². The molecule has 7 aromatic carbocycles. The molecule has 684 valence electrons. The van der Waals surface area contributed by atoms with Gasteiger partial charge in [-0.25, -0.2) is 4.79 Å². The number of hydrogen-bond acceptors (Lipinski definition) is 29. The highest BCUT2D eigenvalue weighted by Gasteiger charge is 2.52. The lowest BCUT2D eigenvalue weighted by atomic mass is 9.89. The number of rotatable bonds is 21. The van der Waals surface area contributed by atoms with E-state index in [0.717, 1.165) is 98.5 Å². The number of ether oxygens (including phenoxy) is 7. The van der Waals surface area contributed by atoms with Gasteiger partial charge >= 0.3 is 5.97 Å². The van der Waals surface area contributed by atoms with Crippen molar-refractivity contribution in [1.29, 1.82) is 0 Å². The lowest BCUT2D eigenvalue weighted by Crippen LogP contribution is -2.66. The number of carbonyl (C=O) groups is 9. The van der Waals surface area contributed by atoms with Gasteiger partial charge in [-0.1, -0.05) is 99.5 Å². The molecule has 7 aromatic rings. The van der Waals surface area contributed by atoms with E-state index < -0.39 is 271 Å². The maximum absolute atomic E-state index is 16.8. The first-order valence-corrected chi connectivity index (χ1v) is 42.1. The second-order valence-corrected chi connectivity index (χ2v) is 33.8. The van der Waals surface area contributed by atoms with E-state index in [0.29, 0.717) is 30.9 Å². The Bertz CT molecular complexity index is 5360. The Morgan fingerprint density at radius 2 is 1.20 bits per heavy atom. The number of carbonyl (C=O) groups excluding carboxylic acids is 8. The average molecular weight is 1820 g/mol. The van der Waals surface area contributed by atoms with E-state index in [1.807, 2.05) is 0 Å². The number of hydrogen-bond donors (Lipinski definition) is 20. The van der Waals surface area contributed by atoms with Gasteiger partial charge in [-0.2, -0.15) is 0 Å². The Morgan fingerprint density at radius 1 is 0.555 bits per heavy atom.